The van der Waals surface area contributed by atoms with Gasteiger partial charge in [-0.05, 0) is 25.2 Å². The summed E-state index contributed by atoms with van der Waals surface area (Å²) in [6.07, 6.45) is 4.01. The fourth-order valence-corrected chi connectivity index (χ4v) is 1.46. The van der Waals surface area contributed by atoms with Crippen LogP contribution in [0.15, 0.2) is 6.33 Å². The summed E-state index contributed by atoms with van der Waals surface area (Å²) in [6.45, 7) is 5.61. The Morgan fingerprint density at radius 2 is 2.25 bits per heavy atom. The first kappa shape index (κ1) is 11.0. The molecule has 0 aromatic carbocycles. The smallest absolute Gasteiger partial charge is 0.242 e. The molecule has 0 atom stereocenters. The van der Waals surface area contributed by atoms with Crippen molar-refractivity contribution in [2.45, 2.75) is 26.7 Å². The van der Waals surface area contributed by atoms with Crippen LogP contribution in [0.1, 0.15) is 26.7 Å². The van der Waals surface area contributed by atoms with Crippen LogP contribution in [-0.4, -0.2) is 23.1 Å². The minimum Gasteiger partial charge on any atom is -0.476 e. The molecule has 16 heavy (non-hydrogen) atoms. The molecule has 0 saturated heterocycles. The Bertz CT molecular complexity index is 376. The van der Waals surface area contributed by atoms with Crippen LogP contribution in [0.5, 0.6) is 5.88 Å². The van der Waals surface area contributed by atoms with E-state index in [-0.39, 0.29) is 0 Å². The number of hydrogen-bond donors (Lipinski definition) is 2. The lowest BCUT2D eigenvalue weighted by molar-refractivity contribution is 0.328. The third-order valence-corrected chi connectivity index (χ3v) is 2.91. The third kappa shape index (κ3) is 2.35. The molecule has 1 saturated carbocycles. The number of nitrogens with one attached hydrogen (secondary N) is 1. The van der Waals surface area contributed by atoms with Crippen LogP contribution in [0, 0.1) is 5.41 Å². The summed E-state index contributed by atoms with van der Waals surface area (Å²) in [6, 6.07) is 0. The van der Waals surface area contributed by atoms with Gasteiger partial charge in [0.1, 0.15) is 12.0 Å². The number of nitrogens with two attached hydrogens (primary N) is 1. The Balaban J connectivity index is 2.05. The van der Waals surface area contributed by atoms with E-state index in [1.54, 1.807) is 0 Å². The second-order valence-electron chi connectivity index (χ2n) is 4.54. The highest BCUT2D eigenvalue weighted by Crippen LogP contribution is 2.45. The van der Waals surface area contributed by atoms with E-state index in [1.165, 1.54) is 19.2 Å². The third-order valence-electron chi connectivity index (χ3n) is 2.91. The van der Waals surface area contributed by atoms with Gasteiger partial charge in [0.2, 0.25) is 5.88 Å². The first-order valence-corrected chi connectivity index (χ1v) is 5.62. The van der Waals surface area contributed by atoms with Crippen LogP contribution in [0.4, 0.5) is 11.5 Å². The SMILES string of the molecule is CCOc1ncnc(NCC2(C)CC2)c1N. The Labute approximate surface area is 95.4 Å². The number of anilines is 2. The fourth-order valence-electron chi connectivity index (χ4n) is 1.46. The molecule has 1 aliphatic rings. The van der Waals surface area contributed by atoms with Crippen molar-refractivity contribution in [3.63, 3.8) is 0 Å². The molecule has 88 valence electrons. The number of ether oxygens (including phenoxy) is 1. The molecule has 0 aliphatic heterocycles. The van der Waals surface area contributed by atoms with Crippen LogP contribution >= 0.6 is 0 Å². The summed E-state index contributed by atoms with van der Waals surface area (Å²) < 4.78 is 5.31. The van der Waals surface area contributed by atoms with Gasteiger partial charge >= 0.3 is 0 Å². The van der Waals surface area contributed by atoms with Gasteiger partial charge in [0.25, 0.3) is 0 Å². The summed E-state index contributed by atoms with van der Waals surface area (Å²) in [5, 5.41) is 3.26. The maximum absolute atomic E-state index is 5.91. The number of rotatable bonds is 5. The molecule has 0 amide bonds. The highest BCUT2D eigenvalue weighted by Gasteiger charge is 2.37. The largest absolute Gasteiger partial charge is 0.476 e. The Morgan fingerprint density at radius 1 is 1.50 bits per heavy atom. The topological polar surface area (TPSA) is 73.1 Å². The van der Waals surface area contributed by atoms with Crippen LogP contribution in [0.3, 0.4) is 0 Å². The van der Waals surface area contributed by atoms with Gasteiger partial charge in [-0.25, -0.2) is 4.98 Å². The first-order valence-electron chi connectivity index (χ1n) is 5.62. The van der Waals surface area contributed by atoms with Gasteiger partial charge in [0.15, 0.2) is 5.82 Å². The minimum atomic E-state index is 0.420. The lowest BCUT2D eigenvalue weighted by atomic mass is 10.1. The maximum atomic E-state index is 5.91. The quantitative estimate of drug-likeness (QED) is 0.792. The molecule has 3 N–H and O–H groups in total. The highest BCUT2D eigenvalue weighted by atomic mass is 16.5. The molecule has 0 spiro atoms. The van der Waals surface area contributed by atoms with Gasteiger partial charge in [-0.1, -0.05) is 6.92 Å². The minimum absolute atomic E-state index is 0.420. The predicted molar refractivity (Wildman–Crippen MR) is 63.4 cm³/mol. The van der Waals surface area contributed by atoms with Crippen molar-refractivity contribution in [3.8, 4) is 5.88 Å². The summed E-state index contributed by atoms with van der Waals surface area (Å²) in [5.74, 6) is 1.13. The molecule has 0 bridgehead atoms. The van der Waals surface area contributed by atoms with Gasteiger partial charge in [-0.3, -0.25) is 0 Å². The molecule has 1 fully saturated rings. The lowest BCUT2D eigenvalue weighted by Crippen LogP contribution is -2.14. The van der Waals surface area contributed by atoms with E-state index >= 15 is 0 Å². The van der Waals surface area contributed by atoms with Gasteiger partial charge < -0.3 is 15.8 Å². The molecular formula is C11H18N4O. The van der Waals surface area contributed by atoms with Gasteiger partial charge in [0, 0.05) is 6.54 Å². The molecule has 5 nitrogen and oxygen atoms in total. The van der Waals surface area contributed by atoms with Crippen molar-refractivity contribution < 1.29 is 4.74 Å². The Morgan fingerprint density at radius 3 is 2.88 bits per heavy atom. The van der Waals surface area contributed by atoms with Crippen molar-refractivity contribution in [3.05, 3.63) is 6.33 Å². The number of nitrogen functional groups attached to an aromatic ring is 1. The van der Waals surface area contributed by atoms with Crippen molar-refractivity contribution in [1.82, 2.24) is 9.97 Å². The lowest BCUT2D eigenvalue weighted by Gasteiger charge is -2.13. The van der Waals surface area contributed by atoms with Crippen molar-refractivity contribution in [2.24, 2.45) is 5.41 Å². The monoisotopic (exact) mass is 222 g/mol. The summed E-state index contributed by atoms with van der Waals surface area (Å²) >= 11 is 0. The fraction of sp³-hybridized carbons (Fsp3) is 0.636. The second kappa shape index (κ2) is 4.15. The number of hydrogen-bond acceptors (Lipinski definition) is 5. The van der Waals surface area contributed by atoms with E-state index in [4.69, 9.17) is 10.5 Å². The zero-order valence-corrected chi connectivity index (χ0v) is 9.79. The van der Waals surface area contributed by atoms with Crippen molar-refractivity contribution >= 4 is 11.5 Å². The normalized spacial score (nSPS) is 16.9. The number of aromatic nitrogens is 2. The molecule has 1 aromatic heterocycles. The van der Waals surface area contributed by atoms with Crippen LogP contribution in [0.25, 0.3) is 0 Å². The Hall–Kier alpha value is -1.52. The average molecular weight is 222 g/mol. The Kier molecular flexibility index (Phi) is 2.85. The second-order valence-corrected chi connectivity index (χ2v) is 4.54. The van der Waals surface area contributed by atoms with E-state index in [2.05, 4.69) is 22.2 Å². The van der Waals surface area contributed by atoms with Crippen molar-refractivity contribution in [2.75, 3.05) is 24.2 Å². The van der Waals surface area contributed by atoms with E-state index in [1.807, 2.05) is 6.92 Å². The number of nitrogens with zero attached hydrogens (tertiary/aromatic N) is 2. The summed E-state index contributed by atoms with van der Waals surface area (Å²) in [7, 11) is 0. The van der Waals surface area contributed by atoms with E-state index in [0.29, 0.717) is 29.4 Å². The highest BCUT2D eigenvalue weighted by molar-refractivity contribution is 5.66. The molecular weight excluding hydrogens is 204 g/mol. The molecule has 0 radical (unpaired) electrons. The van der Waals surface area contributed by atoms with Crippen LogP contribution in [-0.2, 0) is 0 Å². The predicted octanol–water partition coefficient (Wildman–Crippen LogP) is 1.67. The molecule has 2 rings (SSSR count). The summed E-state index contributed by atoms with van der Waals surface area (Å²) in [4.78, 5) is 8.12. The molecule has 1 aromatic rings. The first-order chi connectivity index (χ1) is 7.64. The van der Waals surface area contributed by atoms with Gasteiger partial charge in [-0.2, -0.15) is 4.98 Å². The van der Waals surface area contributed by atoms with E-state index in [9.17, 15) is 0 Å². The van der Waals surface area contributed by atoms with E-state index in [0.717, 1.165) is 6.54 Å². The molecule has 0 unspecified atom stereocenters. The zero-order chi connectivity index (χ0) is 11.6. The maximum Gasteiger partial charge on any atom is 0.242 e. The summed E-state index contributed by atoms with van der Waals surface area (Å²) in [5.41, 5.74) is 6.82. The van der Waals surface area contributed by atoms with Crippen molar-refractivity contribution in [1.29, 1.82) is 0 Å². The average Bonchev–Trinajstić information content (AvgIpc) is 2.99. The molecule has 5 heteroatoms. The van der Waals surface area contributed by atoms with Gasteiger partial charge in [0.05, 0.1) is 6.61 Å². The standard InChI is InChI=1S/C11H18N4O/c1-3-16-10-8(12)9(14-7-15-10)13-6-11(2)4-5-11/h7H,3-6,12H2,1-2H3,(H,13,14,15). The van der Waals surface area contributed by atoms with Gasteiger partial charge in [-0.15, -0.1) is 0 Å². The van der Waals surface area contributed by atoms with Crippen LogP contribution in [0.2, 0.25) is 0 Å². The zero-order valence-electron chi connectivity index (χ0n) is 9.79. The van der Waals surface area contributed by atoms with E-state index < -0.39 is 0 Å². The molecule has 1 heterocycles. The molecule has 1 aliphatic carbocycles. The van der Waals surface area contributed by atoms with Crippen LogP contribution < -0.4 is 15.8 Å².